The third kappa shape index (κ3) is 8.41. The van der Waals surface area contributed by atoms with Gasteiger partial charge in [0.05, 0.1) is 25.4 Å². The Kier molecular flexibility index (Phi) is 10.1. The van der Waals surface area contributed by atoms with E-state index in [-0.39, 0.29) is 24.0 Å². The number of allylic oxidation sites excluding steroid dienone is 1. The van der Waals surface area contributed by atoms with Gasteiger partial charge in [-0.2, -0.15) is 0 Å². The number of carbonyl (C=O) groups is 4. The van der Waals surface area contributed by atoms with Crippen LogP contribution < -0.4 is 20.7 Å². The minimum Gasteiger partial charge on any atom is -0.497 e. The summed E-state index contributed by atoms with van der Waals surface area (Å²) in [6.07, 6.45) is 7.72. The molecule has 4 atom stereocenters. The molecule has 2 aliphatic carbocycles. The molecule has 0 spiro atoms. The van der Waals surface area contributed by atoms with E-state index >= 15 is 0 Å². The third-order valence-corrected chi connectivity index (χ3v) is 8.75. The number of ether oxygens (including phenoxy) is 2. The van der Waals surface area contributed by atoms with E-state index in [4.69, 9.17) is 9.47 Å². The molecule has 4 rings (SSSR count). The number of ketones is 1. The highest BCUT2D eigenvalue weighted by atomic mass is 16.6. The fourth-order valence-corrected chi connectivity index (χ4v) is 5.69. The zero-order valence-corrected chi connectivity index (χ0v) is 25.2. The average molecular weight is 584 g/mol. The second-order valence-corrected chi connectivity index (χ2v) is 12.5. The molecule has 3 aliphatic rings. The van der Waals surface area contributed by atoms with E-state index in [1.165, 1.54) is 0 Å². The van der Waals surface area contributed by atoms with Gasteiger partial charge in [-0.3, -0.25) is 19.2 Å². The number of hydrogen-bond acceptors (Lipinski definition) is 7. The van der Waals surface area contributed by atoms with Crippen LogP contribution in [-0.4, -0.2) is 71.7 Å². The summed E-state index contributed by atoms with van der Waals surface area (Å²) in [7, 11) is 1.57. The Morgan fingerprint density at radius 1 is 1.00 bits per heavy atom. The van der Waals surface area contributed by atoms with E-state index in [1.54, 1.807) is 40.0 Å². The van der Waals surface area contributed by atoms with Crippen molar-refractivity contribution in [3.05, 3.63) is 41.5 Å². The average Bonchev–Trinajstić information content (AvgIpc) is 3.50. The lowest BCUT2D eigenvalue weighted by Gasteiger charge is -2.32. The molecule has 1 heterocycles. The van der Waals surface area contributed by atoms with Crippen LogP contribution in [0.5, 0.6) is 5.75 Å². The Bertz CT molecular complexity index is 1180. The molecule has 10 nitrogen and oxygen atoms in total. The van der Waals surface area contributed by atoms with Crippen molar-refractivity contribution < 1.29 is 33.8 Å². The molecule has 1 saturated carbocycles. The summed E-state index contributed by atoms with van der Waals surface area (Å²) in [5.41, 5.74) is 0.255. The topological polar surface area (TPSA) is 146 Å². The fourth-order valence-electron chi connectivity index (χ4n) is 5.69. The third-order valence-electron chi connectivity index (χ3n) is 8.75. The predicted molar refractivity (Wildman–Crippen MR) is 157 cm³/mol. The number of methoxy groups -OCH3 is 1. The fraction of sp³-hybridized carbons (Fsp3) is 0.625. The maximum Gasteiger partial charge on any atom is 0.243 e. The van der Waals surface area contributed by atoms with Crippen molar-refractivity contribution in [1.29, 1.82) is 0 Å². The Hall–Kier alpha value is -3.24. The largest absolute Gasteiger partial charge is 0.497 e. The first kappa shape index (κ1) is 31.7. The van der Waals surface area contributed by atoms with E-state index < -0.39 is 41.1 Å². The zero-order chi connectivity index (χ0) is 30.5. The first-order valence-corrected chi connectivity index (χ1v) is 15.0. The Balaban J connectivity index is 1.45. The van der Waals surface area contributed by atoms with Crippen LogP contribution in [0.3, 0.4) is 0 Å². The van der Waals surface area contributed by atoms with E-state index in [2.05, 4.69) is 22.0 Å². The number of Topliss-reactive ketones (excluding diaryl/α,β-unsaturated/α-hetero) is 1. The summed E-state index contributed by atoms with van der Waals surface area (Å²) >= 11 is 0. The van der Waals surface area contributed by atoms with Crippen molar-refractivity contribution in [2.45, 2.75) is 108 Å². The monoisotopic (exact) mass is 583 g/mol. The predicted octanol–water partition coefficient (Wildman–Crippen LogP) is 2.51. The summed E-state index contributed by atoms with van der Waals surface area (Å²) in [6.45, 7) is 5.40. The number of benzene rings is 1. The van der Waals surface area contributed by atoms with Crippen LogP contribution in [0.1, 0.15) is 77.7 Å². The van der Waals surface area contributed by atoms with Gasteiger partial charge in [0, 0.05) is 12.3 Å². The Morgan fingerprint density at radius 2 is 1.64 bits per heavy atom. The molecule has 230 valence electrons. The van der Waals surface area contributed by atoms with Crippen molar-refractivity contribution in [3.8, 4) is 5.75 Å². The molecule has 2 fully saturated rings. The molecule has 10 heteroatoms. The van der Waals surface area contributed by atoms with Gasteiger partial charge in [-0.15, -0.1) is 0 Å². The van der Waals surface area contributed by atoms with Crippen LogP contribution in [0, 0.1) is 5.92 Å². The van der Waals surface area contributed by atoms with Crippen LogP contribution in [0.4, 0.5) is 0 Å². The lowest BCUT2D eigenvalue weighted by Crippen LogP contribution is -2.57. The molecular formula is C32H45N3O7. The minimum absolute atomic E-state index is 0.176. The van der Waals surface area contributed by atoms with Gasteiger partial charge < -0.3 is 30.5 Å². The zero-order valence-electron chi connectivity index (χ0n) is 25.2. The molecule has 0 bridgehead atoms. The number of rotatable bonds is 13. The first-order valence-electron chi connectivity index (χ1n) is 15.0. The van der Waals surface area contributed by atoms with Gasteiger partial charge >= 0.3 is 0 Å². The van der Waals surface area contributed by atoms with Crippen molar-refractivity contribution in [2.75, 3.05) is 13.7 Å². The van der Waals surface area contributed by atoms with Crippen molar-refractivity contribution >= 4 is 23.5 Å². The van der Waals surface area contributed by atoms with E-state index in [0.29, 0.717) is 44.5 Å². The molecular weight excluding hydrogens is 538 g/mol. The molecule has 1 saturated heterocycles. The Morgan fingerprint density at radius 3 is 2.21 bits per heavy atom. The second kappa shape index (κ2) is 13.4. The highest BCUT2D eigenvalue weighted by molar-refractivity contribution is 5.98. The summed E-state index contributed by atoms with van der Waals surface area (Å²) in [5, 5.41) is 18.7. The molecule has 42 heavy (non-hydrogen) atoms. The second-order valence-electron chi connectivity index (χ2n) is 12.5. The molecule has 1 aliphatic heterocycles. The lowest BCUT2D eigenvalue weighted by molar-refractivity contribution is -0.135. The van der Waals surface area contributed by atoms with Crippen molar-refractivity contribution in [3.63, 3.8) is 0 Å². The maximum atomic E-state index is 13.7. The van der Waals surface area contributed by atoms with Crippen molar-refractivity contribution in [1.82, 2.24) is 16.0 Å². The van der Waals surface area contributed by atoms with E-state index in [0.717, 1.165) is 30.4 Å². The van der Waals surface area contributed by atoms with Crippen LogP contribution in [-0.2, 0) is 30.3 Å². The Labute approximate surface area is 248 Å². The number of nitrogens with one attached hydrogen (secondary N) is 3. The summed E-state index contributed by atoms with van der Waals surface area (Å²) in [5.74, 6) is -1.01. The molecule has 3 amide bonds. The molecule has 1 aromatic rings. The lowest BCUT2D eigenvalue weighted by atomic mass is 9.79. The standard InChI is InChI=1S/C32H45N3O7/c1-20(33-29(38)23-13-15-31(2,40)16-14-23)28(37)35-26(18-22-9-11-24(41-4)12-10-22)30(39)34-25(17-21-7-5-6-8-21)27(36)32(3)19-42-32/h7,9-12,20,23,25-26,40H,5-6,8,13-19H2,1-4H3,(H,33,38)(H,34,39)(H,35,37). The van der Waals surface area contributed by atoms with Crippen molar-refractivity contribution in [2.24, 2.45) is 5.92 Å². The molecule has 4 N–H and O–H groups in total. The molecule has 0 radical (unpaired) electrons. The number of amides is 3. The van der Waals surface area contributed by atoms with Gasteiger partial charge in [0.25, 0.3) is 0 Å². The number of aliphatic hydroxyl groups is 1. The number of carbonyl (C=O) groups excluding carboxylic acids is 4. The highest BCUT2D eigenvalue weighted by Crippen LogP contribution is 2.32. The quantitative estimate of drug-likeness (QED) is 0.206. The van der Waals surface area contributed by atoms with Crippen LogP contribution in [0.25, 0.3) is 0 Å². The van der Waals surface area contributed by atoms with Gasteiger partial charge in [0.1, 0.15) is 23.4 Å². The smallest absolute Gasteiger partial charge is 0.243 e. The van der Waals surface area contributed by atoms with E-state index in [9.17, 15) is 24.3 Å². The SMILES string of the molecule is COc1ccc(CC(NC(=O)C(C)NC(=O)C2CCC(C)(O)CC2)C(=O)NC(CC2=CCCC2)C(=O)C2(C)CO2)cc1. The molecule has 1 aromatic carbocycles. The maximum absolute atomic E-state index is 13.7. The summed E-state index contributed by atoms with van der Waals surface area (Å²) in [4.78, 5) is 53.2. The highest BCUT2D eigenvalue weighted by Gasteiger charge is 2.50. The normalized spacial score (nSPS) is 27.2. The van der Waals surface area contributed by atoms with Gasteiger partial charge in [-0.05, 0) is 89.8 Å². The molecule has 0 aromatic heterocycles. The van der Waals surface area contributed by atoms with Crippen LogP contribution in [0.2, 0.25) is 0 Å². The van der Waals surface area contributed by atoms with Crippen LogP contribution >= 0.6 is 0 Å². The van der Waals surface area contributed by atoms with Gasteiger partial charge in [0.15, 0.2) is 5.78 Å². The van der Waals surface area contributed by atoms with Gasteiger partial charge in [-0.25, -0.2) is 0 Å². The molecule has 4 unspecified atom stereocenters. The van der Waals surface area contributed by atoms with E-state index in [1.807, 2.05) is 12.1 Å². The number of hydrogen-bond donors (Lipinski definition) is 4. The van der Waals surface area contributed by atoms with Gasteiger partial charge in [0.2, 0.25) is 17.7 Å². The van der Waals surface area contributed by atoms with Gasteiger partial charge in [-0.1, -0.05) is 23.8 Å². The number of epoxide rings is 1. The first-order chi connectivity index (χ1) is 19.9. The summed E-state index contributed by atoms with van der Waals surface area (Å²) in [6, 6.07) is 4.55. The minimum atomic E-state index is -0.990. The van der Waals surface area contributed by atoms with Crippen LogP contribution in [0.15, 0.2) is 35.9 Å². The summed E-state index contributed by atoms with van der Waals surface area (Å²) < 4.78 is 10.6.